The maximum absolute atomic E-state index is 12.4. The van der Waals surface area contributed by atoms with Crippen LogP contribution in [0.25, 0.3) is 0 Å². The summed E-state index contributed by atoms with van der Waals surface area (Å²) in [6.45, 7) is 0. The fourth-order valence-corrected chi connectivity index (χ4v) is 3.77. The summed E-state index contributed by atoms with van der Waals surface area (Å²) in [5.41, 5.74) is -0.287. The lowest BCUT2D eigenvalue weighted by atomic mass is 9.91. The van der Waals surface area contributed by atoms with Crippen molar-refractivity contribution >= 4 is 50.6 Å². The number of sulfone groups is 1. The number of carboxylic acid groups (broad SMARTS) is 1. The highest BCUT2D eigenvalue weighted by Crippen LogP contribution is 2.36. The van der Waals surface area contributed by atoms with Gasteiger partial charge < -0.3 is 5.11 Å². The van der Waals surface area contributed by atoms with Crippen LogP contribution in [0, 0.1) is 11.8 Å². The number of hydrogen-bond donors (Lipinski definition) is 1. The van der Waals surface area contributed by atoms with Crippen LogP contribution in [0.1, 0.15) is 23.2 Å². The van der Waals surface area contributed by atoms with Gasteiger partial charge in [-0.2, -0.15) is 0 Å². The first kappa shape index (κ1) is 17.9. The smallest absolute Gasteiger partial charge is 0.322 e. The van der Waals surface area contributed by atoms with E-state index in [1.807, 2.05) is 0 Å². The maximum Gasteiger partial charge on any atom is 0.322 e. The van der Waals surface area contributed by atoms with Crippen LogP contribution in [-0.4, -0.2) is 37.3 Å². The molecular formula is C14H12Cl2O6S. The molecule has 1 atom stereocenters. The molecule has 0 aromatic heterocycles. The molecule has 1 aliphatic rings. The number of carbonyl (C=O) groups is 3. The Morgan fingerprint density at radius 3 is 2.17 bits per heavy atom. The van der Waals surface area contributed by atoms with Crippen LogP contribution in [-0.2, 0) is 19.4 Å². The molecule has 1 aliphatic carbocycles. The molecule has 0 radical (unpaired) electrons. The Morgan fingerprint density at radius 2 is 1.74 bits per heavy atom. The molecule has 6 nitrogen and oxygen atoms in total. The predicted molar refractivity (Wildman–Crippen MR) is 82.8 cm³/mol. The normalized spacial score (nSPS) is 16.0. The molecule has 1 N–H and O–H groups in total. The zero-order valence-corrected chi connectivity index (χ0v) is 14.2. The summed E-state index contributed by atoms with van der Waals surface area (Å²) in [5.74, 6) is -5.51. The van der Waals surface area contributed by atoms with Crippen LogP contribution in [0.2, 0.25) is 10.0 Å². The topological polar surface area (TPSA) is 106 Å². The Morgan fingerprint density at radius 1 is 1.17 bits per heavy atom. The van der Waals surface area contributed by atoms with Gasteiger partial charge in [-0.1, -0.05) is 23.2 Å². The van der Waals surface area contributed by atoms with Crippen LogP contribution >= 0.6 is 23.2 Å². The number of carboxylic acids is 1. The molecule has 0 saturated heterocycles. The third kappa shape index (κ3) is 3.57. The molecule has 9 heteroatoms. The van der Waals surface area contributed by atoms with Crippen molar-refractivity contribution in [3.63, 3.8) is 0 Å². The van der Waals surface area contributed by atoms with Gasteiger partial charge in [0.2, 0.25) is 0 Å². The van der Waals surface area contributed by atoms with Crippen LogP contribution in [0.15, 0.2) is 17.0 Å². The van der Waals surface area contributed by atoms with E-state index in [0.717, 1.165) is 18.4 Å². The van der Waals surface area contributed by atoms with E-state index in [1.165, 1.54) is 0 Å². The van der Waals surface area contributed by atoms with E-state index >= 15 is 0 Å². The Hall–Kier alpha value is -1.44. The molecule has 0 spiro atoms. The van der Waals surface area contributed by atoms with Gasteiger partial charge in [0.25, 0.3) is 0 Å². The first-order valence-electron chi connectivity index (χ1n) is 6.54. The fraction of sp³-hybridized carbons (Fsp3) is 0.357. The lowest BCUT2D eigenvalue weighted by Gasteiger charge is -2.13. The minimum atomic E-state index is -3.67. The van der Waals surface area contributed by atoms with Crippen LogP contribution < -0.4 is 0 Å². The number of carbonyl (C=O) groups excluding carboxylic acids is 2. The predicted octanol–water partition coefficient (Wildman–Crippen LogP) is 2.26. The zero-order chi connectivity index (χ0) is 17.5. The molecule has 1 aromatic rings. The number of benzene rings is 1. The van der Waals surface area contributed by atoms with Crippen molar-refractivity contribution in [1.82, 2.24) is 0 Å². The quantitative estimate of drug-likeness (QED) is 0.600. The molecule has 124 valence electrons. The van der Waals surface area contributed by atoms with Gasteiger partial charge in [-0.25, -0.2) is 8.42 Å². The van der Waals surface area contributed by atoms with E-state index in [2.05, 4.69) is 0 Å². The molecule has 1 aromatic carbocycles. The van der Waals surface area contributed by atoms with Crippen molar-refractivity contribution in [3.8, 4) is 0 Å². The number of halogens is 2. The van der Waals surface area contributed by atoms with Gasteiger partial charge in [-0.3, -0.25) is 14.4 Å². The van der Waals surface area contributed by atoms with Crippen molar-refractivity contribution in [1.29, 1.82) is 0 Å². The highest BCUT2D eigenvalue weighted by atomic mass is 35.5. The van der Waals surface area contributed by atoms with Gasteiger partial charge in [0.05, 0.1) is 14.9 Å². The van der Waals surface area contributed by atoms with Crippen molar-refractivity contribution in [2.45, 2.75) is 17.7 Å². The Labute approximate surface area is 142 Å². The second-order valence-electron chi connectivity index (χ2n) is 5.32. The lowest BCUT2D eigenvalue weighted by molar-refractivity contribution is -0.144. The number of ketones is 2. The second-order valence-corrected chi connectivity index (χ2v) is 8.06. The van der Waals surface area contributed by atoms with E-state index < -0.39 is 39.2 Å². The van der Waals surface area contributed by atoms with E-state index in [4.69, 9.17) is 23.2 Å². The molecule has 0 aliphatic heterocycles. The summed E-state index contributed by atoms with van der Waals surface area (Å²) < 4.78 is 23.1. The van der Waals surface area contributed by atoms with Crippen molar-refractivity contribution < 1.29 is 27.9 Å². The number of aliphatic carboxylic acids is 1. The standard InChI is InChI=1S/C14H12Cl2O6S/c1-23(21,22)8-5-4-7(10(15)11(8)16)13(18)9(14(19)20)12(17)6-2-3-6/h4-6,9H,2-3H2,1H3,(H,19,20). The van der Waals surface area contributed by atoms with Crippen molar-refractivity contribution in [2.24, 2.45) is 11.8 Å². The molecule has 1 saturated carbocycles. The summed E-state index contributed by atoms with van der Waals surface area (Å²) >= 11 is 11.8. The molecule has 1 fully saturated rings. The minimum absolute atomic E-state index is 0.277. The second kappa shape index (κ2) is 6.22. The van der Waals surface area contributed by atoms with E-state index in [1.54, 1.807) is 0 Å². The average molecular weight is 379 g/mol. The molecule has 23 heavy (non-hydrogen) atoms. The summed E-state index contributed by atoms with van der Waals surface area (Å²) in [7, 11) is -3.67. The third-order valence-electron chi connectivity index (χ3n) is 3.49. The molecule has 0 heterocycles. The lowest BCUT2D eigenvalue weighted by Crippen LogP contribution is -2.33. The van der Waals surface area contributed by atoms with Crippen LogP contribution in [0.5, 0.6) is 0 Å². The first-order chi connectivity index (χ1) is 10.6. The largest absolute Gasteiger partial charge is 0.480 e. The van der Waals surface area contributed by atoms with Gasteiger partial charge in [-0.15, -0.1) is 0 Å². The van der Waals surface area contributed by atoms with Crippen molar-refractivity contribution in [2.75, 3.05) is 6.26 Å². The van der Waals surface area contributed by atoms with Gasteiger partial charge in [-0.05, 0) is 25.0 Å². The molecular weight excluding hydrogens is 367 g/mol. The van der Waals surface area contributed by atoms with Gasteiger partial charge in [0.1, 0.15) is 0 Å². The average Bonchev–Trinajstić information content (AvgIpc) is 3.24. The van der Waals surface area contributed by atoms with Crippen LogP contribution in [0.4, 0.5) is 0 Å². The fourth-order valence-electron chi connectivity index (χ4n) is 2.13. The molecule has 1 unspecified atom stereocenters. The Bertz CT molecular complexity index is 811. The molecule has 0 amide bonds. The minimum Gasteiger partial charge on any atom is -0.480 e. The highest BCUT2D eigenvalue weighted by molar-refractivity contribution is 7.90. The Kier molecular flexibility index (Phi) is 4.84. The summed E-state index contributed by atoms with van der Waals surface area (Å²) in [6, 6.07) is 2.14. The Balaban J connectivity index is 2.48. The number of rotatable bonds is 6. The van der Waals surface area contributed by atoms with E-state index in [9.17, 15) is 27.9 Å². The van der Waals surface area contributed by atoms with Crippen molar-refractivity contribution in [3.05, 3.63) is 27.7 Å². The van der Waals surface area contributed by atoms with E-state index in [-0.39, 0.29) is 20.5 Å². The van der Waals surface area contributed by atoms with Crippen LogP contribution in [0.3, 0.4) is 0 Å². The van der Waals surface area contributed by atoms with Gasteiger partial charge >= 0.3 is 5.97 Å². The van der Waals surface area contributed by atoms with Gasteiger partial charge in [0, 0.05) is 17.7 Å². The maximum atomic E-state index is 12.4. The highest BCUT2D eigenvalue weighted by Gasteiger charge is 2.43. The SMILES string of the molecule is CS(=O)(=O)c1ccc(C(=O)C(C(=O)O)C(=O)C2CC2)c(Cl)c1Cl. The summed E-state index contributed by atoms with van der Waals surface area (Å²) in [5, 5.41) is 8.43. The van der Waals surface area contributed by atoms with Gasteiger partial charge in [0.15, 0.2) is 27.3 Å². The monoisotopic (exact) mass is 378 g/mol. The first-order valence-corrected chi connectivity index (χ1v) is 9.19. The summed E-state index contributed by atoms with van der Waals surface area (Å²) in [4.78, 5) is 35.4. The molecule has 0 bridgehead atoms. The van der Waals surface area contributed by atoms with E-state index in [0.29, 0.717) is 12.8 Å². The zero-order valence-electron chi connectivity index (χ0n) is 11.9. The summed E-state index contributed by atoms with van der Waals surface area (Å²) in [6.07, 6.45) is 2.03. The third-order valence-corrected chi connectivity index (χ3v) is 5.62. The number of hydrogen-bond acceptors (Lipinski definition) is 5. The molecule has 2 rings (SSSR count). The number of Topliss-reactive ketones (excluding diaryl/α,β-unsaturated/α-hetero) is 2.